The average molecular weight is 412 g/mol. The zero-order valence-electron chi connectivity index (χ0n) is 16.1. The van der Waals surface area contributed by atoms with Crippen LogP contribution in [0.15, 0.2) is 24.3 Å². The van der Waals surface area contributed by atoms with Gasteiger partial charge in [0, 0.05) is 6.54 Å². The van der Waals surface area contributed by atoms with Gasteiger partial charge < -0.3 is 15.4 Å². The number of benzene rings is 1. The Morgan fingerprint density at radius 1 is 1.21 bits per heavy atom. The molecule has 1 atom stereocenters. The predicted molar refractivity (Wildman–Crippen MR) is 97.1 cm³/mol. The summed E-state index contributed by atoms with van der Waals surface area (Å²) in [5.74, 6) is -1.48. The molecule has 2 rings (SSSR count). The van der Waals surface area contributed by atoms with E-state index in [-0.39, 0.29) is 11.7 Å². The first kappa shape index (κ1) is 22.1. The van der Waals surface area contributed by atoms with Crippen LogP contribution in [0, 0.1) is 5.92 Å². The van der Waals surface area contributed by atoms with Crippen molar-refractivity contribution in [2.75, 3.05) is 13.1 Å². The summed E-state index contributed by atoms with van der Waals surface area (Å²) in [6.07, 6.45) is 0. The second kappa shape index (κ2) is 8.84. The Kier molecular flexibility index (Phi) is 6.72. The minimum atomic E-state index is -2.99. The maximum Gasteiger partial charge on any atom is 0.387 e. The van der Waals surface area contributed by atoms with Crippen LogP contribution in [0.2, 0.25) is 0 Å². The molecule has 0 spiro atoms. The van der Waals surface area contributed by atoms with Gasteiger partial charge in [-0.3, -0.25) is 19.8 Å². The van der Waals surface area contributed by atoms with E-state index in [0.717, 1.165) is 0 Å². The normalized spacial score (nSPS) is 18.8. The van der Waals surface area contributed by atoms with Gasteiger partial charge in [0.1, 0.15) is 17.8 Å². The fraction of sp³-hybridized carbons (Fsp3) is 0.444. The van der Waals surface area contributed by atoms with Crippen molar-refractivity contribution in [2.45, 2.75) is 32.9 Å². The van der Waals surface area contributed by atoms with E-state index in [2.05, 4.69) is 15.4 Å². The lowest BCUT2D eigenvalue weighted by Gasteiger charge is -2.22. The van der Waals surface area contributed by atoms with Crippen LogP contribution in [-0.2, 0) is 15.1 Å². The second-order valence-corrected chi connectivity index (χ2v) is 7.00. The SMILES string of the molecule is CC(C)CNC(=O)NC(=O)CN1C(=O)NC(C)(c2ccc(OC(F)F)cc2)C1=O. The molecule has 1 aromatic rings. The van der Waals surface area contributed by atoms with Gasteiger partial charge >= 0.3 is 18.7 Å². The molecular weight excluding hydrogens is 390 g/mol. The standard InChI is InChI=1S/C18H22F2N4O5/c1-10(2)8-21-16(27)22-13(25)9-24-14(26)18(3,23-17(24)28)11-4-6-12(7-5-11)29-15(19)20/h4-7,10,15H,8-9H2,1-3H3,(H,23,28)(H2,21,22,25,27). The molecule has 6 amide bonds. The molecule has 0 saturated carbocycles. The summed E-state index contributed by atoms with van der Waals surface area (Å²) in [4.78, 5) is 49.3. The third kappa shape index (κ3) is 5.39. The van der Waals surface area contributed by atoms with Gasteiger partial charge in [-0.05, 0) is 30.5 Å². The number of imide groups is 2. The molecular formula is C18H22F2N4O5. The summed E-state index contributed by atoms with van der Waals surface area (Å²) in [5, 5.41) is 7.00. The van der Waals surface area contributed by atoms with E-state index < -0.39 is 42.6 Å². The molecule has 3 N–H and O–H groups in total. The van der Waals surface area contributed by atoms with Gasteiger partial charge in [-0.15, -0.1) is 0 Å². The number of nitrogens with zero attached hydrogens (tertiary/aromatic N) is 1. The number of halogens is 2. The van der Waals surface area contributed by atoms with E-state index >= 15 is 0 Å². The minimum Gasteiger partial charge on any atom is -0.435 e. The Morgan fingerprint density at radius 2 is 1.83 bits per heavy atom. The number of alkyl halides is 2. The highest BCUT2D eigenvalue weighted by Gasteiger charge is 2.49. The van der Waals surface area contributed by atoms with Gasteiger partial charge in [0.25, 0.3) is 5.91 Å². The average Bonchev–Trinajstić information content (AvgIpc) is 2.84. The van der Waals surface area contributed by atoms with E-state index in [1.807, 2.05) is 19.2 Å². The molecule has 0 aliphatic carbocycles. The van der Waals surface area contributed by atoms with Gasteiger partial charge in [-0.25, -0.2) is 9.59 Å². The highest BCUT2D eigenvalue weighted by molar-refractivity contribution is 6.10. The molecule has 1 aliphatic heterocycles. The number of nitrogens with one attached hydrogen (secondary N) is 3. The summed E-state index contributed by atoms with van der Waals surface area (Å²) >= 11 is 0. The van der Waals surface area contributed by atoms with Crippen molar-refractivity contribution in [3.8, 4) is 5.75 Å². The predicted octanol–water partition coefficient (Wildman–Crippen LogP) is 1.54. The van der Waals surface area contributed by atoms with E-state index in [9.17, 15) is 28.0 Å². The van der Waals surface area contributed by atoms with Crippen LogP contribution in [-0.4, -0.2) is 48.5 Å². The second-order valence-electron chi connectivity index (χ2n) is 7.00. The van der Waals surface area contributed by atoms with Crippen molar-refractivity contribution < 1.29 is 32.7 Å². The van der Waals surface area contributed by atoms with Crippen LogP contribution in [0.3, 0.4) is 0 Å². The smallest absolute Gasteiger partial charge is 0.387 e. The van der Waals surface area contributed by atoms with Crippen molar-refractivity contribution in [1.82, 2.24) is 20.9 Å². The molecule has 1 unspecified atom stereocenters. The molecule has 0 radical (unpaired) electrons. The van der Waals surface area contributed by atoms with E-state index in [4.69, 9.17) is 0 Å². The van der Waals surface area contributed by atoms with E-state index in [1.54, 1.807) is 0 Å². The number of carbonyl (C=O) groups excluding carboxylic acids is 4. The molecule has 1 aliphatic rings. The Balaban J connectivity index is 2.04. The molecule has 0 aromatic heterocycles. The minimum absolute atomic E-state index is 0.104. The van der Waals surface area contributed by atoms with E-state index in [0.29, 0.717) is 17.0 Å². The molecule has 0 bridgehead atoms. The molecule has 11 heteroatoms. The summed E-state index contributed by atoms with van der Waals surface area (Å²) < 4.78 is 28.8. The first-order valence-corrected chi connectivity index (χ1v) is 8.80. The van der Waals surface area contributed by atoms with Crippen LogP contribution < -0.4 is 20.7 Å². The first-order chi connectivity index (χ1) is 13.5. The highest BCUT2D eigenvalue weighted by Crippen LogP contribution is 2.30. The van der Waals surface area contributed by atoms with Crippen LogP contribution in [0.1, 0.15) is 26.3 Å². The van der Waals surface area contributed by atoms with Crippen LogP contribution in [0.4, 0.5) is 18.4 Å². The fourth-order valence-electron chi connectivity index (χ4n) is 2.66. The molecule has 1 saturated heterocycles. The van der Waals surface area contributed by atoms with Gasteiger partial charge in [-0.1, -0.05) is 26.0 Å². The monoisotopic (exact) mass is 412 g/mol. The largest absolute Gasteiger partial charge is 0.435 e. The summed E-state index contributed by atoms with van der Waals surface area (Å²) in [7, 11) is 0. The van der Waals surface area contributed by atoms with Crippen molar-refractivity contribution in [3.63, 3.8) is 0 Å². The Hall–Kier alpha value is -3.24. The molecule has 1 fully saturated rings. The third-order valence-corrected chi connectivity index (χ3v) is 4.16. The van der Waals surface area contributed by atoms with Crippen molar-refractivity contribution >= 4 is 23.9 Å². The van der Waals surface area contributed by atoms with E-state index in [1.165, 1.54) is 31.2 Å². The third-order valence-electron chi connectivity index (χ3n) is 4.16. The van der Waals surface area contributed by atoms with Crippen molar-refractivity contribution in [1.29, 1.82) is 0 Å². The topological polar surface area (TPSA) is 117 Å². The maximum absolute atomic E-state index is 12.7. The van der Waals surface area contributed by atoms with Gasteiger partial charge in [0.2, 0.25) is 5.91 Å². The molecule has 29 heavy (non-hydrogen) atoms. The number of urea groups is 2. The first-order valence-electron chi connectivity index (χ1n) is 8.80. The Labute approximate surface area is 165 Å². The van der Waals surface area contributed by atoms with Crippen LogP contribution >= 0.6 is 0 Å². The number of rotatable bonds is 7. The lowest BCUT2D eigenvalue weighted by molar-refractivity contribution is -0.134. The molecule has 1 aromatic carbocycles. The summed E-state index contributed by atoms with van der Waals surface area (Å²) in [5.41, 5.74) is -1.18. The summed E-state index contributed by atoms with van der Waals surface area (Å²) in [6, 6.07) is 3.65. The zero-order valence-corrected chi connectivity index (χ0v) is 16.1. The zero-order chi connectivity index (χ0) is 21.8. The van der Waals surface area contributed by atoms with Crippen molar-refractivity contribution in [3.05, 3.63) is 29.8 Å². The molecule has 9 nitrogen and oxygen atoms in total. The number of hydrogen-bond acceptors (Lipinski definition) is 5. The molecule has 158 valence electrons. The lowest BCUT2D eigenvalue weighted by Crippen LogP contribution is -2.47. The van der Waals surface area contributed by atoms with Crippen molar-refractivity contribution in [2.24, 2.45) is 5.92 Å². The fourth-order valence-corrected chi connectivity index (χ4v) is 2.66. The molecule has 1 heterocycles. The van der Waals surface area contributed by atoms with Gasteiger partial charge in [-0.2, -0.15) is 8.78 Å². The highest BCUT2D eigenvalue weighted by atomic mass is 19.3. The van der Waals surface area contributed by atoms with Crippen LogP contribution in [0.25, 0.3) is 0 Å². The van der Waals surface area contributed by atoms with Gasteiger partial charge in [0.05, 0.1) is 0 Å². The number of carbonyl (C=O) groups is 4. The number of amides is 6. The number of hydrogen-bond donors (Lipinski definition) is 3. The Bertz CT molecular complexity index is 800. The number of ether oxygens (including phenoxy) is 1. The maximum atomic E-state index is 12.7. The quantitative estimate of drug-likeness (QED) is 0.588. The lowest BCUT2D eigenvalue weighted by atomic mass is 9.92. The van der Waals surface area contributed by atoms with Crippen LogP contribution in [0.5, 0.6) is 5.75 Å². The Morgan fingerprint density at radius 3 is 2.38 bits per heavy atom. The summed E-state index contributed by atoms with van der Waals surface area (Å²) in [6.45, 7) is 1.89. The van der Waals surface area contributed by atoms with Gasteiger partial charge in [0.15, 0.2) is 0 Å².